The van der Waals surface area contributed by atoms with Gasteiger partial charge in [0, 0.05) is 6.92 Å². The molecule has 0 aliphatic heterocycles. The number of aromatic nitrogens is 2. The van der Waals surface area contributed by atoms with Crippen molar-refractivity contribution in [3.05, 3.63) is 5.89 Å². The Hall–Kier alpha value is -1.57. The lowest BCUT2D eigenvalue weighted by molar-refractivity contribution is -0.137. The van der Waals surface area contributed by atoms with Gasteiger partial charge < -0.3 is 9.52 Å². The van der Waals surface area contributed by atoms with Crippen LogP contribution in [-0.2, 0) is 9.59 Å². The third kappa shape index (κ3) is 4.36. The maximum atomic E-state index is 11.5. The van der Waals surface area contributed by atoms with Gasteiger partial charge in [0.2, 0.25) is 11.8 Å². The fourth-order valence-corrected chi connectivity index (χ4v) is 2.15. The molecule has 18 heavy (non-hydrogen) atoms. The van der Waals surface area contributed by atoms with Crippen molar-refractivity contribution >= 4 is 29.7 Å². The van der Waals surface area contributed by atoms with E-state index in [1.165, 1.54) is 0 Å². The summed E-state index contributed by atoms with van der Waals surface area (Å²) in [7, 11) is 0. The predicted octanol–water partition coefficient (Wildman–Crippen LogP) is 1.16. The molecule has 1 amide bonds. The van der Waals surface area contributed by atoms with Crippen LogP contribution < -0.4 is 5.32 Å². The van der Waals surface area contributed by atoms with Gasteiger partial charge in [0.05, 0.1) is 5.75 Å². The number of amides is 1. The Morgan fingerprint density at radius 3 is 2.56 bits per heavy atom. The van der Waals surface area contributed by atoms with Gasteiger partial charge in [0.1, 0.15) is 5.25 Å². The quantitative estimate of drug-likeness (QED) is 0.801. The Bertz CT molecular complexity index is 433. The smallest absolute Gasteiger partial charge is 0.322 e. The lowest BCUT2D eigenvalue weighted by Gasteiger charge is -2.14. The van der Waals surface area contributed by atoms with Gasteiger partial charge in [-0.15, -0.1) is 16.9 Å². The van der Waals surface area contributed by atoms with Gasteiger partial charge in [-0.1, -0.05) is 18.9 Å². The molecule has 1 aromatic heterocycles. The van der Waals surface area contributed by atoms with Gasteiger partial charge in [0.25, 0.3) is 0 Å². The van der Waals surface area contributed by atoms with E-state index < -0.39 is 11.2 Å². The largest absolute Gasteiger partial charge is 0.480 e. The van der Waals surface area contributed by atoms with E-state index in [9.17, 15) is 9.59 Å². The number of nitrogens with one attached hydrogen (secondary N) is 1. The van der Waals surface area contributed by atoms with Crippen molar-refractivity contribution in [1.29, 1.82) is 0 Å². The molecular weight excluding hydrogens is 258 g/mol. The summed E-state index contributed by atoms with van der Waals surface area (Å²) in [5.41, 5.74) is 0. The first-order valence-electron chi connectivity index (χ1n) is 5.34. The van der Waals surface area contributed by atoms with Crippen molar-refractivity contribution < 1.29 is 19.1 Å². The van der Waals surface area contributed by atoms with E-state index in [-0.39, 0.29) is 23.6 Å². The molecule has 7 nitrogen and oxygen atoms in total. The number of anilines is 1. The molecule has 0 aromatic carbocycles. The molecule has 0 aliphatic rings. The topological polar surface area (TPSA) is 105 Å². The molecule has 0 spiro atoms. The van der Waals surface area contributed by atoms with Crippen LogP contribution in [0.25, 0.3) is 0 Å². The van der Waals surface area contributed by atoms with Gasteiger partial charge in [-0.25, -0.2) is 0 Å². The molecule has 1 unspecified atom stereocenters. The summed E-state index contributed by atoms with van der Waals surface area (Å²) >= 11 is 1.07. The molecule has 0 fully saturated rings. The maximum Gasteiger partial charge on any atom is 0.322 e. The zero-order valence-electron chi connectivity index (χ0n) is 10.3. The monoisotopic (exact) mass is 273 g/mol. The highest BCUT2D eigenvalue weighted by molar-refractivity contribution is 8.01. The summed E-state index contributed by atoms with van der Waals surface area (Å²) < 4.78 is 4.98. The minimum Gasteiger partial charge on any atom is -0.480 e. The van der Waals surface area contributed by atoms with Crippen LogP contribution >= 0.6 is 11.8 Å². The van der Waals surface area contributed by atoms with Crippen molar-refractivity contribution in [2.24, 2.45) is 5.92 Å². The lowest BCUT2D eigenvalue weighted by atomic mass is 10.1. The second kappa shape index (κ2) is 6.39. The zero-order valence-corrected chi connectivity index (χ0v) is 11.2. The molecule has 0 radical (unpaired) electrons. The lowest BCUT2D eigenvalue weighted by Crippen LogP contribution is -2.25. The Kier molecular flexibility index (Phi) is 5.14. The first kappa shape index (κ1) is 14.5. The molecule has 1 aromatic rings. The second-order valence-electron chi connectivity index (χ2n) is 3.99. The molecule has 8 heteroatoms. The van der Waals surface area contributed by atoms with E-state index >= 15 is 0 Å². The van der Waals surface area contributed by atoms with E-state index in [1.807, 2.05) is 0 Å². The minimum atomic E-state index is -0.920. The van der Waals surface area contributed by atoms with E-state index in [4.69, 9.17) is 9.52 Å². The number of nitrogens with zero attached hydrogens (tertiary/aromatic N) is 2. The van der Waals surface area contributed by atoms with Gasteiger partial charge in [-0.3, -0.25) is 14.9 Å². The minimum absolute atomic E-state index is 0.0227. The van der Waals surface area contributed by atoms with Crippen LogP contribution in [0.2, 0.25) is 0 Å². The number of carbonyl (C=O) groups is 2. The molecule has 0 aliphatic carbocycles. The molecular formula is C10H15N3O4S. The van der Waals surface area contributed by atoms with Crippen LogP contribution in [0.5, 0.6) is 0 Å². The van der Waals surface area contributed by atoms with E-state index in [1.54, 1.807) is 20.8 Å². The van der Waals surface area contributed by atoms with E-state index in [2.05, 4.69) is 15.5 Å². The summed E-state index contributed by atoms with van der Waals surface area (Å²) in [4.78, 5) is 22.4. The molecule has 1 atom stereocenters. The number of rotatable bonds is 6. The fourth-order valence-electron chi connectivity index (χ4n) is 1.22. The Morgan fingerprint density at radius 2 is 2.11 bits per heavy atom. The van der Waals surface area contributed by atoms with Crippen molar-refractivity contribution in [3.63, 3.8) is 0 Å². The summed E-state index contributed by atoms with van der Waals surface area (Å²) in [6.07, 6.45) is 0. The van der Waals surface area contributed by atoms with Crippen molar-refractivity contribution in [2.45, 2.75) is 26.0 Å². The van der Waals surface area contributed by atoms with Crippen LogP contribution in [0.3, 0.4) is 0 Å². The van der Waals surface area contributed by atoms with Crippen LogP contribution in [0.15, 0.2) is 4.42 Å². The molecule has 1 heterocycles. The molecule has 2 N–H and O–H groups in total. The number of carbonyl (C=O) groups excluding carboxylic acids is 1. The van der Waals surface area contributed by atoms with Crippen LogP contribution in [0, 0.1) is 12.8 Å². The normalized spacial score (nSPS) is 12.4. The first-order valence-corrected chi connectivity index (χ1v) is 6.39. The Morgan fingerprint density at radius 1 is 1.44 bits per heavy atom. The summed E-state index contributed by atoms with van der Waals surface area (Å²) in [6.45, 7) is 5.20. The number of carboxylic acids is 1. The number of hydrogen-bond donors (Lipinski definition) is 2. The number of carboxylic acid groups (broad SMARTS) is 1. The summed E-state index contributed by atoms with van der Waals surface area (Å²) in [5, 5.41) is 17.9. The predicted molar refractivity (Wildman–Crippen MR) is 66.4 cm³/mol. The molecule has 0 saturated carbocycles. The first-order chi connectivity index (χ1) is 8.40. The van der Waals surface area contributed by atoms with Crippen LogP contribution in [-0.4, -0.2) is 38.2 Å². The van der Waals surface area contributed by atoms with Gasteiger partial charge in [0.15, 0.2) is 0 Å². The average molecular weight is 273 g/mol. The SMILES string of the molecule is Cc1nnc(NC(=O)CSC(C(=O)O)C(C)C)o1. The molecule has 100 valence electrons. The number of thioether (sulfide) groups is 1. The van der Waals surface area contributed by atoms with Crippen molar-refractivity contribution in [3.8, 4) is 0 Å². The zero-order chi connectivity index (χ0) is 13.7. The van der Waals surface area contributed by atoms with Crippen molar-refractivity contribution in [1.82, 2.24) is 10.2 Å². The van der Waals surface area contributed by atoms with Gasteiger partial charge in [-0.2, -0.15) is 0 Å². The maximum absolute atomic E-state index is 11.5. The highest BCUT2D eigenvalue weighted by Crippen LogP contribution is 2.20. The number of aliphatic carboxylic acids is 1. The van der Waals surface area contributed by atoms with E-state index in [0.717, 1.165) is 11.8 Å². The third-order valence-electron chi connectivity index (χ3n) is 2.02. The summed E-state index contributed by atoms with van der Waals surface area (Å²) in [6, 6.07) is 0.0227. The Labute approximate surface area is 108 Å². The molecule has 0 saturated heterocycles. The van der Waals surface area contributed by atoms with Crippen LogP contribution in [0.1, 0.15) is 19.7 Å². The van der Waals surface area contributed by atoms with Gasteiger partial charge >= 0.3 is 12.0 Å². The van der Waals surface area contributed by atoms with E-state index in [0.29, 0.717) is 5.89 Å². The standard InChI is InChI=1S/C10H15N3O4S/c1-5(2)8(9(15)16)18-4-7(14)11-10-13-12-6(3)17-10/h5,8H,4H2,1-3H3,(H,15,16)(H,11,13,14). The second-order valence-corrected chi connectivity index (χ2v) is 5.12. The van der Waals surface area contributed by atoms with Crippen LogP contribution in [0.4, 0.5) is 6.01 Å². The third-order valence-corrected chi connectivity index (χ3v) is 3.55. The fraction of sp³-hybridized carbons (Fsp3) is 0.600. The average Bonchev–Trinajstić information content (AvgIpc) is 2.62. The summed E-state index contributed by atoms with van der Waals surface area (Å²) in [5.74, 6) is -0.960. The van der Waals surface area contributed by atoms with Crippen molar-refractivity contribution in [2.75, 3.05) is 11.1 Å². The number of hydrogen-bond acceptors (Lipinski definition) is 6. The number of aryl methyl sites for hydroxylation is 1. The Balaban J connectivity index is 2.43. The highest BCUT2D eigenvalue weighted by atomic mass is 32.2. The highest BCUT2D eigenvalue weighted by Gasteiger charge is 2.23. The molecule has 0 bridgehead atoms. The molecule has 1 rings (SSSR count). The van der Waals surface area contributed by atoms with Gasteiger partial charge in [-0.05, 0) is 5.92 Å².